The van der Waals surface area contributed by atoms with Crippen LogP contribution in [-0.4, -0.2) is 9.97 Å². The Balaban J connectivity index is 0.000000196. The van der Waals surface area contributed by atoms with Crippen LogP contribution in [0.3, 0.4) is 0 Å². The van der Waals surface area contributed by atoms with Crippen molar-refractivity contribution in [3.8, 4) is 11.4 Å². The summed E-state index contributed by atoms with van der Waals surface area (Å²) in [6.07, 6.45) is 9.56. The molecule has 0 saturated heterocycles. The van der Waals surface area contributed by atoms with E-state index in [0.29, 0.717) is 0 Å². The zero-order valence-corrected chi connectivity index (χ0v) is 19.4. The monoisotopic (exact) mass is 422 g/mol. The molecule has 4 rings (SSSR count). The molecule has 1 aliphatic rings. The van der Waals surface area contributed by atoms with Gasteiger partial charge in [0.15, 0.2) is 0 Å². The normalized spacial score (nSPS) is 15.3. The summed E-state index contributed by atoms with van der Waals surface area (Å²) in [6.45, 7) is 6.75. The second-order valence-electron chi connectivity index (χ2n) is 8.46. The van der Waals surface area contributed by atoms with Crippen LogP contribution in [0.2, 0.25) is 5.02 Å². The number of aryl methyl sites for hydroxylation is 3. The molecule has 160 valence electrons. The molecule has 1 aromatic heterocycles. The average molecular weight is 423 g/mol. The van der Waals surface area contributed by atoms with E-state index < -0.39 is 0 Å². The molecular formula is C27H35ClN2. The quantitative estimate of drug-likeness (QED) is 0.430. The summed E-state index contributed by atoms with van der Waals surface area (Å²) in [5.74, 6) is 1.80. The topological polar surface area (TPSA) is 28.7 Å². The van der Waals surface area contributed by atoms with Gasteiger partial charge >= 0.3 is 0 Å². The number of benzene rings is 2. The third-order valence-electron chi connectivity index (χ3n) is 5.85. The van der Waals surface area contributed by atoms with Crippen LogP contribution >= 0.6 is 11.6 Å². The van der Waals surface area contributed by atoms with E-state index in [1.165, 1.54) is 43.5 Å². The Morgan fingerprint density at radius 2 is 1.70 bits per heavy atom. The fourth-order valence-electron chi connectivity index (χ4n) is 4.11. The third kappa shape index (κ3) is 5.98. The summed E-state index contributed by atoms with van der Waals surface area (Å²) in [5, 5.41) is 0.751. The maximum absolute atomic E-state index is 6.24. The minimum absolute atomic E-state index is 0.751. The smallest absolute Gasteiger partial charge is 0.139 e. The number of fused-ring (bicyclic) bond motifs is 1. The van der Waals surface area contributed by atoms with E-state index in [2.05, 4.69) is 50.0 Å². The van der Waals surface area contributed by atoms with E-state index in [0.717, 1.165) is 41.6 Å². The van der Waals surface area contributed by atoms with Gasteiger partial charge in [-0.15, -0.1) is 0 Å². The molecule has 0 bridgehead atoms. The van der Waals surface area contributed by atoms with Gasteiger partial charge in [-0.25, -0.2) is 4.98 Å². The van der Waals surface area contributed by atoms with E-state index in [1.54, 1.807) is 11.1 Å². The lowest BCUT2D eigenvalue weighted by Gasteiger charge is -2.20. The molecule has 0 spiro atoms. The number of halogens is 1. The van der Waals surface area contributed by atoms with Gasteiger partial charge in [0.05, 0.1) is 10.7 Å². The maximum atomic E-state index is 6.24. The maximum Gasteiger partial charge on any atom is 0.139 e. The highest BCUT2D eigenvalue weighted by molar-refractivity contribution is 6.33. The van der Waals surface area contributed by atoms with Crippen LogP contribution in [-0.2, 0) is 25.7 Å². The van der Waals surface area contributed by atoms with E-state index in [1.807, 2.05) is 24.3 Å². The number of aromatic amines is 1. The number of hydrogen-bond acceptors (Lipinski definition) is 1. The predicted molar refractivity (Wildman–Crippen MR) is 129 cm³/mol. The fraction of sp³-hybridized carbons (Fsp3) is 0.444. The highest BCUT2D eigenvalue weighted by Crippen LogP contribution is 2.27. The van der Waals surface area contributed by atoms with Crippen LogP contribution in [0.15, 0.2) is 48.5 Å². The summed E-state index contributed by atoms with van der Waals surface area (Å²) in [6, 6.07) is 16.7. The Kier molecular flexibility index (Phi) is 8.57. The molecule has 0 aliphatic heterocycles. The Morgan fingerprint density at radius 3 is 2.43 bits per heavy atom. The molecule has 1 heterocycles. The minimum atomic E-state index is 0.751. The Hall–Kier alpha value is -2.06. The van der Waals surface area contributed by atoms with Crippen molar-refractivity contribution in [3.05, 3.63) is 76.1 Å². The second-order valence-corrected chi connectivity index (χ2v) is 8.87. The van der Waals surface area contributed by atoms with Gasteiger partial charge in [0.1, 0.15) is 5.82 Å². The fourth-order valence-corrected chi connectivity index (χ4v) is 4.34. The number of nitrogens with zero attached hydrogens (tertiary/aromatic N) is 1. The molecule has 0 amide bonds. The zero-order chi connectivity index (χ0) is 21.3. The lowest BCUT2D eigenvalue weighted by atomic mass is 9.85. The van der Waals surface area contributed by atoms with E-state index in [4.69, 9.17) is 16.6 Å². The van der Waals surface area contributed by atoms with Crippen LogP contribution in [0, 0.1) is 5.92 Å². The molecule has 3 heteroatoms. The lowest BCUT2D eigenvalue weighted by molar-refractivity contribution is 0.501. The Bertz CT molecular complexity index is 928. The van der Waals surface area contributed by atoms with Gasteiger partial charge in [-0.2, -0.15) is 0 Å². The summed E-state index contributed by atoms with van der Waals surface area (Å²) in [5.41, 5.74) is 6.62. The SMILES string of the molecule is CC1CCc2ccccc2C1.CCCCc1nc(-c2ccccc2Cl)[nH]c1CCC. The van der Waals surface area contributed by atoms with Crippen molar-refractivity contribution in [2.45, 2.75) is 72.1 Å². The highest BCUT2D eigenvalue weighted by Gasteiger charge is 2.14. The van der Waals surface area contributed by atoms with Crippen LogP contribution in [0.1, 0.15) is 69.0 Å². The molecule has 0 fully saturated rings. The van der Waals surface area contributed by atoms with Crippen molar-refractivity contribution in [2.24, 2.45) is 5.92 Å². The average Bonchev–Trinajstić information content (AvgIpc) is 3.15. The zero-order valence-electron chi connectivity index (χ0n) is 18.7. The number of H-pyrrole nitrogens is 1. The van der Waals surface area contributed by atoms with Crippen molar-refractivity contribution < 1.29 is 0 Å². The molecule has 1 unspecified atom stereocenters. The standard InChI is InChI=1S/C16H21ClN2.C11H14/c1-3-5-11-15-14(8-4-2)18-16(19-15)12-9-6-7-10-13(12)17;1-9-6-7-10-4-2-3-5-11(10)8-9/h6-7,9-10H,3-5,8,11H2,1-2H3,(H,18,19);2-5,9H,6-8H2,1H3. The molecule has 2 aromatic carbocycles. The molecule has 0 saturated carbocycles. The van der Waals surface area contributed by atoms with Gasteiger partial charge in [0.25, 0.3) is 0 Å². The Labute approximate surface area is 187 Å². The van der Waals surface area contributed by atoms with Crippen LogP contribution in [0.4, 0.5) is 0 Å². The summed E-state index contributed by atoms with van der Waals surface area (Å²) in [7, 11) is 0. The van der Waals surface area contributed by atoms with Crippen LogP contribution in [0.5, 0.6) is 0 Å². The van der Waals surface area contributed by atoms with Crippen LogP contribution in [0.25, 0.3) is 11.4 Å². The third-order valence-corrected chi connectivity index (χ3v) is 6.18. The van der Waals surface area contributed by atoms with Gasteiger partial charge in [-0.05, 0) is 67.7 Å². The van der Waals surface area contributed by atoms with Gasteiger partial charge < -0.3 is 4.98 Å². The second kappa shape index (κ2) is 11.4. The van der Waals surface area contributed by atoms with Gasteiger partial charge in [-0.3, -0.25) is 0 Å². The molecule has 1 atom stereocenters. The number of unbranched alkanes of at least 4 members (excludes halogenated alkanes) is 1. The molecular weight excluding hydrogens is 388 g/mol. The van der Waals surface area contributed by atoms with Gasteiger partial charge in [-0.1, -0.05) is 81.6 Å². The first-order valence-corrected chi connectivity index (χ1v) is 11.9. The van der Waals surface area contributed by atoms with Crippen molar-refractivity contribution >= 4 is 11.6 Å². The predicted octanol–water partition coefficient (Wildman–Crippen LogP) is 7.84. The summed E-state index contributed by atoms with van der Waals surface area (Å²) >= 11 is 6.24. The minimum Gasteiger partial charge on any atom is -0.342 e. The number of aromatic nitrogens is 2. The van der Waals surface area contributed by atoms with Gasteiger partial charge in [0.2, 0.25) is 0 Å². The first-order chi connectivity index (χ1) is 14.6. The first-order valence-electron chi connectivity index (χ1n) is 11.5. The molecule has 2 nitrogen and oxygen atoms in total. The number of rotatable bonds is 6. The van der Waals surface area contributed by atoms with E-state index >= 15 is 0 Å². The number of hydrogen-bond donors (Lipinski definition) is 1. The Morgan fingerprint density at radius 1 is 0.967 bits per heavy atom. The summed E-state index contributed by atoms with van der Waals surface area (Å²) < 4.78 is 0. The molecule has 0 radical (unpaired) electrons. The summed E-state index contributed by atoms with van der Waals surface area (Å²) in [4.78, 5) is 8.21. The van der Waals surface area contributed by atoms with Gasteiger partial charge in [0, 0.05) is 11.3 Å². The van der Waals surface area contributed by atoms with E-state index in [9.17, 15) is 0 Å². The highest BCUT2D eigenvalue weighted by atomic mass is 35.5. The molecule has 1 N–H and O–H groups in total. The molecule has 1 aliphatic carbocycles. The van der Waals surface area contributed by atoms with Crippen molar-refractivity contribution in [2.75, 3.05) is 0 Å². The van der Waals surface area contributed by atoms with Crippen molar-refractivity contribution in [1.29, 1.82) is 0 Å². The van der Waals surface area contributed by atoms with Crippen molar-refractivity contribution in [1.82, 2.24) is 9.97 Å². The largest absolute Gasteiger partial charge is 0.342 e. The number of nitrogens with one attached hydrogen (secondary N) is 1. The lowest BCUT2D eigenvalue weighted by Crippen LogP contribution is -2.10. The van der Waals surface area contributed by atoms with E-state index in [-0.39, 0.29) is 0 Å². The number of imidazole rings is 1. The molecule has 3 aromatic rings. The van der Waals surface area contributed by atoms with Crippen molar-refractivity contribution in [3.63, 3.8) is 0 Å². The molecule has 30 heavy (non-hydrogen) atoms. The van der Waals surface area contributed by atoms with Crippen LogP contribution < -0.4 is 0 Å². The first kappa shape index (κ1) is 22.6.